The van der Waals surface area contributed by atoms with E-state index in [-0.39, 0.29) is 11.4 Å². The van der Waals surface area contributed by atoms with Crippen LogP contribution in [0.4, 0.5) is 0 Å². The first-order valence-electron chi connectivity index (χ1n) is 5.95. The third-order valence-electron chi connectivity index (χ3n) is 2.85. The number of hydrogen-bond donors (Lipinski definition) is 0. The van der Waals surface area contributed by atoms with E-state index in [0.29, 0.717) is 11.3 Å². The minimum atomic E-state index is -3.64. The molecule has 0 unspecified atom stereocenters. The highest BCUT2D eigenvalue weighted by atomic mass is 32.2. The molecular weight excluding hydrogens is 276 g/mol. The largest absolute Gasteiger partial charge is 0.465 e. The summed E-state index contributed by atoms with van der Waals surface area (Å²) in [6.45, 7) is 1.95. The number of furan rings is 1. The summed E-state index contributed by atoms with van der Waals surface area (Å²) in [7, 11) is -2.16. The predicted molar refractivity (Wildman–Crippen MR) is 73.3 cm³/mol. The van der Waals surface area contributed by atoms with E-state index in [1.54, 1.807) is 31.2 Å². The van der Waals surface area contributed by atoms with Crippen LogP contribution in [0, 0.1) is 18.3 Å². The van der Waals surface area contributed by atoms with Crippen LogP contribution in [-0.2, 0) is 16.6 Å². The van der Waals surface area contributed by atoms with Crippen LogP contribution >= 0.6 is 0 Å². The van der Waals surface area contributed by atoms with Crippen molar-refractivity contribution in [2.24, 2.45) is 0 Å². The van der Waals surface area contributed by atoms with Crippen molar-refractivity contribution in [2.45, 2.75) is 18.4 Å². The summed E-state index contributed by atoms with van der Waals surface area (Å²) < 4.78 is 31.3. The van der Waals surface area contributed by atoms with E-state index in [4.69, 9.17) is 9.68 Å². The molecule has 0 fully saturated rings. The lowest BCUT2D eigenvalue weighted by molar-refractivity contribution is 0.397. The fourth-order valence-corrected chi connectivity index (χ4v) is 2.96. The van der Waals surface area contributed by atoms with Gasteiger partial charge in [0.05, 0.1) is 23.1 Å². The molecule has 0 amide bonds. The average molecular weight is 290 g/mol. The molecule has 5 nitrogen and oxygen atoms in total. The lowest BCUT2D eigenvalue weighted by Gasteiger charge is -2.16. The number of hydrogen-bond acceptors (Lipinski definition) is 4. The molecule has 6 heteroatoms. The van der Waals surface area contributed by atoms with Crippen molar-refractivity contribution in [2.75, 3.05) is 7.05 Å². The van der Waals surface area contributed by atoms with E-state index < -0.39 is 10.0 Å². The summed E-state index contributed by atoms with van der Waals surface area (Å²) in [5, 5.41) is 8.83. The molecule has 0 N–H and O–H groups in total. The van der Waals surface area contributed by atoms with Gasteiger partial charge in [-0.3, -0.25) is 0 Å². The van der Waals surface area contributed by atoms with Crippen molar-refractivity contribution in [3.8, 4) is 6.07 Å². The van der Waals surface area contributed by atoms with Gasteiger partial charge in [0, 0.05) is 7.05 Å². The summed E-state index contributed by atoms with van der Waals surface area (Å²) in [4.78, 5) is 0.0994. The molecule has 0 bridgehead atoms. The van der Waals surface area contributed by atoms with E-state index in [0.717, 1.165) is 5.76 Å². The summed E-state index contributed by atoms with van der Waals surface area (Å²) in [6.07, 6.45) is 0. The average Bonchev–Trinajstić information content (AvgIpc) is 2.84. The van der Waals surface area contributed by atoms with Gasteiger partial charge >= 0.3 is 0 Å². The summed E-state index contributed by atoms with van der Waals surface area (Å²) in [5.74, 6) is 1.31. The summed E-state index contributed by atoms with van der Waals surface area (Å²) in [5.41, 5.74) is 0.313. The number of aryl methyl sites for hydroxylation is 1. The van der Waals surface area contributed by atoms with Crippen LogP contribution in [0.15, 0.2) is 45.7 Å². The minimum Gasteiger partial charge on any atom is -0.465 e. The molecular formula is C14H14N2O3S. The van der Waals surface area contributed by atoms with Crippen LogP contribution in [0.25, 0.3) is 0 Å². The molecule has 2 aromatic rings. The Hall–Kier alpha value is -2.10. The van der Waals surface area contributed by atoms with Gasteiger partial charge in [0.1, 0.15) is 11.5 Å². The molecule has 0 atom stereocenters. The van der Waals surface area contributed by atoms with Crippen LogP contribution in [0.2, 0.25) is 0 Å². The van der Waals surface area contributed by atoms with E-state index in [1.807, 2.05) is 6.07 Å². The Morgan fingerprint density at radius 1 is 1.30 bits per heavy atom. The molecule has 104 valence electrons. The Morgan fingerprint density at radius 2 is 2.05 bits per heavy atom. The van der Waals surface area contributed by atoms with E-state index in [2.05, 4.69) is 0 Å². The molecule has 2 rings (SSSR count). The molecule has 20 heavy (non-hydrogen) atoms. The van der Waals surface area contributed by atoms with Gasteiger partial charge in [0.2, 0.25) is 10.0 Å². The van der Waals surface area contributed by atoms with Gasteiger partial charge < -0.3 is 4.42 Å². The second kappa shape index (κ2) is 5.49. The summed E-state index contributed by atoms with van der Waals surface area (Å²) in [6, 6.07) is 11.4. The van der Waals surface area contributed by atoms with Gasteiger partial charge in [0.15, 0.2) is 0 Å². The van der Waals surface area contributed by atoms with Gasteiger partial charge in [-0.1, -0.05) is 6.07 Å². The Morgan fingerprint density at radius 3 is 2.65 bits per heavy atom. The Kier molecular flexibility index (Phi) is 3.93. The molecule has 0 saturated carbocycles. The van der Waals surface area contributed by atoms with Gasteiger partial charge in [0.25, 0.3) is 0 Å². The number of nitrogens with zero attached hydrogens (tertiary/aromatic N) is 2. The van der Waals surface area contributed by atoms with Crippen molar-refractivity contribution in [1.82, 2.24) is 4.31 Å². The zero-order valence-corrected chi connectivity index (χ0v) is 12.0. The van der Waals surface area contributed by atoms with Crippen molar-refractivity contribution in [1.29, 1.82) is 5.26 Å². The van der Waals surface area contributed by atoms with Crippen LogP contribution in [0.5, 0.6) is 0 Å². The maximum absolute atomic E-state index is 12.4. The van der Waals surface area contributed by atoms with Crippen molar-refractivity contribution in [3.05, 3.63) is 53.5 Å². The quantitative estimate of drug-likeness (QED) is 0.865. The van der Waals surface area contributed by atoms with Crippen molar-refractivity contribution in [3.63, 3.8) is 0 Å². The van der Waals surface area contributed by atoms with Gasteiger partial charge in [-0.15, -0.1) is 0 Å². The number of nitriles is 1. The molecule has 1 heterocycles. The van der Waals surface area contributed by atoms with Crippen LogP contribution in [0.1, 0.15) is 17.1 Å². The van der Waals surface area contributed by atoms with Crippen LogP contribution < -0.4 is 0 Å². The number of sulfonamides is 1. The third-order valence-corrected chi connectivity index (χ3v) is 4.65. The SMILES string of the molecule is Cc1ccc(CN(C)S(=O)(=O)c2cccc(C#N)c2)o1. The zero-order chi connectivity index (χ0) is 14.8. The van der Waals surface area contributed by atoms with Crippen LogP contribution in [-0.4, -0.2) is 19.8 Å². The van der Waals surface area contributed by atoms with E-state index in [1.165, 1.54) is 23.5 Å². The molecule has 0 saturated heterocycles. The van der Waals surface area contributed by atoms with Crippen molar-refractivity contribution >= 4 is 10.0 Å². The Balaban J connectivity index is 2.27. The number of benzene rings is 1. The monoisotopic (exact) mass is 290 g/mol. The minimum absolute atomic E-state index is 0.0994. The van der Waals surface area contributed by atoms with Crippen LogP contribution in [0.3, 0.4) is 0 Å². The smallest absolute Gasteiger partial charge is 0.243 e. The predicted octanol–water partition coefficient (Wildman–Crippen LogP) is 2.28. The Bertz CT molecular complexity index is 757. The topological polar surface area (TPSA) is 74.3 Å². The fourth-order valence-electron chi connectivity index (χ4n) is 1.78. The molecule has 0 aliphatic heterocycles. The van der Waals surface area contributed by atoms with E-state index in [9.17, 15) is 8.42 Å². The molecule has 0 radical (unpaired) electrons. The normalized spacial score (nSPS) is 11.5. The third kappa shape index (κ3) is 2.90. The van der Waals surface area contributed by atoms with Crippen molar-refractivity contribution < 1.29 is 12.8 Å². The Labute approximate surface area is 118 Å². The molecule has 1 aromatic heterocycles. The zero-order valence-electron chi connectivity index (χ0n) is 11.2. The van der Waals surface area contributed by atoms with Gasteiger partial charge in [-0.25, -0.2) is 8.42 Å². The second-order valence-electron chi connectivity index (χ2n) is 4.41. The lowest BCUT2D eigenvalue weighted by atomic mass is 10.2. The van der Waals surface area contributed by atoms with Gasteiger partial charge in [-0.05, 0) is 37.3 Å². The molecule has 0 aliphatic rings. The first-order valence-corrected chi connectivity index (χ1v) is 7.39. The lowest BCUT2D eigenvalue weighted by Crippen LogP contribution is -2.26. The standard InChI is InChI=1S/C14H14N2O3S/c1-11-6-7-13(19-11)10-16(2)20(17,18)14-5-3-4-12(8-14)9-15/h3-8H,10H2,1-2H3. The molecule has 1 aromatic carbocycles. The highest BCUT2D eigenvalue weighted by Gasteiger charge is 2.22. The number of rotatable bonds is 4. The summed E-state index contributed by atoms with van der Waals surface area (Å²) >= 11 is 0. The maximum Gasteiger partial charge on any atom is 0.243 e. The molecule has 0 aliphatic carbocycles. The first-order chi connectivity index (χ1) is 9.43. The van der Waals surface area contributed by atoms with E-state index >= 15 is 0 Å². The van der Waals surface area contributed by atoms with Gasteiger partial charge in [-0.2, -0.15) is 9.57 Å². The molecule has 0 spiro atoms. The maximum atomic E-state index is 12.4. The highest BCUT2D eigenvalue weighted by molar-refractivity contribution is 7.89. The fraction of sp³-hybridized carbons (Fsp3) is 0.214. The highest BCUT2D eigenvalue weighted by Crippen LogP contribution is 2.18. The second-order valence-corrected chi connectivity index (χ2v) is 6.46. The first kappa shape index (κ1) is 14.3.